The average molecular weight is 465 g/mol. The predicted octanol–water partition coefficient (Wildman–Crippen LogP) is 6.76. The minimum Gasteiger partial charge on any atom is -0.496 e. The molecule has 6 heteroatoms. The normalized spacial score (nSPS) is 11.1. The van der Waals surface area contributed by atoms with Crippen molar-refractivity contribution in [3.05, 3.63) is 98.0 Å². The third kappa shape index (κ3) is 5.91. The van der Waals surface area contributed by atoms with E-state index in [1.807, 2.05) is 6.07 Å². The van der Waals surface area contributed by atoms with E-state index >= 15 is 0 Å². The van der Waals surface area contributed by atoms with Gasteiger partial charge in [-0.25, -0.2) is 0 Å². The molecule has 0 aromatic heterocycles. The van der Waals surface area contributed by atoms with Gasteiger partial charge in [0.2, 0.25) is 0 Å². The van der Waals surface area contributed by atoms with Crippen molar-refractivity contribution in [3.63, 3.8) is 0 Å². The SMILES string of the molecule is COc1cc(/C=C(\C#N)C(=O)Nc2cccc(Cl)c2)cc(Cl)c1Cc1cc(C)cc(C)c1. The zero-order valence-electron chi connectivity index (χ0n) is 18.0. The van der Waals surface area contributed by atoms with Gasteiger partial charge in [-0.1, -0.05) is 58.6 Å². The fourth-order valence-corrected chi connectivity index (χ4v) is 4.00. The van der Waals surface area contributed by atoms with Crippen molar-refractivity contribution in [2.75, 3.05) is 12.4 Å². The molecule has 0 aliphatic carbocycles. The number of anilines is 1. The van der Waals surface area contributed by atoms with Crippen molar-refractivity contribution in [2.24, 2.45) is 0 Å². The fourth-order valence-electron chi connectivity index (χ4n) is 3.52. The summed E-state index contributed by atoms with van der Waals surface area (Å²) in [6.45, 7) is 4.11. The molecule has 3 aromatic rings. The maximum absolute atomic E-state index is 12.6. The molecule has 32 heavy (non-hydrogen) atoms. The number of methoxy groups -OCH3 is 1. The molecule has 0 heterocycles. The lowest BCUT2D eigenvalue weighted by Gasteiger charge is -2.13. The Kier molecular flexibility index (Phi) is 7.58. The highest BCUT2D eigenvalue weighted by Gasteiger charge is 2.14. The highest BCUT2D eigenvalue weighted by atomic mass is 35.5. The Morgan fingerprint density at radius 2 is 1.81 bits per heavy atom. The van der Waals surface area contributed by atoms with Crippen LogP contribution >= 0.6 is 23.2 Å². The van der Waals surface area contributed by atoms with Crippen molar-refractivity contribution in [3.8, 4) is 11.8 Å². The second-order valence-electron chi connectivity index (χ2n) is 7.49. The van der Waals surface area contributed by atoms with Crippen LogP contribution in [0.15, 0.2) is 60.2 Å². The zero-order valence-corrected chi connectivity index (χ0v) is 19.5. The lowest BCUT2D eigenvalue weighted by Crippen LogP contribution is -2.13. The van der Waals surface area contributed by atoms with E-state index in [0.717, 1.165) is 11.1 Å². The van der Waals surface area contributed by atoms with E-state index in [1.54, 1.807) is 43.5 Å². The summed E-state index contributed by atoms with van der Waals surface area (Å²) >= 11 is 12.5. The second-order valence-corrected chi connectivity index (χ2v) is 8.33. The van der Waals surface area contributed by atoms with E-state index < -0.39 is 5.91 Å². The molecular formula is C26H22Cl2N2O2. The van der Waals surface area contributed by atoms with Gasteiger partial charge in [0.05, 0.1) is 7.11 Å². The van der Waals surface area contributed by atoms with Gasteiger partial charge in [0, 0.05) is 27.7 Å². The Morgan fingerprint density at radius 1 is 1.09 bits per heavy atom. The fraction of sp³-hybridized carbons (Fsp3) is 0.154. The van der Waals surface area contributed by atoms with Gasteiger partial charge in [0.25, 0.3) is 5.91 Å². The molecule has 0 saturated carbocycles. The number of nitrogens with zero attached hydrogens (tertiary/aromatic N) is 1. The molecule has 4 nitrogen and oxygen atoms in total. The monoisotopic (exact) mass is 464 g/mol. The van der Waals surface area contributed by atoms with Crippen LogP contribution in [0.2, 0.25) is 10.0 Å². The summed E-state index contributed by atoms with van der Waals surface area (Å²) in [5.74, 6) is 0.0552. The molecule has 0 fully saturated rings. The maximum Gasteiger partial charge on any atom is 0.266 e. The Hall–Kier alpha value is -3.26. The van der Waals surface area contributed by atoms with Gasteiger partial charge < -0.3 is 10.1 Å². The van der Waals surface area contributed by atoms with Crippen molar-refractivity contribution in [2.45, 2.75) is 20.3 Å². The molecular weight excluding hydrogens is 443 g/mol. The van der Waals surface area contributed by atoms with E-state index in [4.69, 9.17) is 27.9 Å². The first kappa shape index (κ1) is 23.4. The summed E-state index contributed by atoms with van der Waals surface area (Å²) in [5, 5.41) is 13.2. The summed E-state index contributed by atoms with van der Waals surface area (Å²) in [5.41, 5.74) is 5.36. The second kappa shape index (κ2) is 10.4. The number of hydrogen-bond acceptors (Lipinski definition) is 3. The van der Waals surface area contributed by atoms with Gasteiger partial charge in [-0.2, -0.15) is 5.26 Å². The van der Waals surface area contributed by atoms with Gasteiger partial charge in [0.15, 0.2) is 0 Å². The summed E-state index contributed by atoms with van der Waals surface area (Å²) < 4.78 is 5.57. The third-order valence-corrected chi connectivity index (χ3v) is 5.39. The Balaban J connectivity index is 1.90. The van der Waals surface area contributed by atoms with Crippen molar-refractivity contribution >= 4 is 40.9 Å². The number of carbonyl (C=O) groups excluding carboxylic acids is 1. The zero-order chi connectivity index (χ0) is 23.3. The number of amides is 1. The number of aryl methyl sites for hydroxylation is 2. The molecule has 0 radical (unpaired) electrons. The number of hydrogen-bond donors (Lipinski definition) is 1. The van der Waals surface area contributed by atoms with Gasteiger partial charge in [-0.05, 0) is 61.4 Å². The molecule has 0 spiro atoms. The standard InChI is InChI=1S/C26H22Cl2N2O2/c1-16-7-17(2)9-18(8-16)11-23-24(28)12-19(13-25(23)32-3)10-20(15-29)26(31)30-22-6-4-5-21(27)14-22/h4-10,12-14H,11H2,1-3H3,(H,30,31)/b20-10+. The molecule has 0 aliphatic heterocycles. The van der Waals surface area contributed by atoms with Crippen LogP contribution in [-0.4, -0.2) is 13.0 Å². The molecule has 1 N–H and O–H groups in total. The van der Waals surface area contributed by atoms with Crippen LogP contribution in [0.4, 0.5) is 5.69 Å². The van der Waals surface area contributed by atoms with Gasteiger partial charge in [-0.15, -0.1) is 0 Å². The Labute approximate surface area is 198 Å². The number of halogens is 2. The number of benzene rings is 3. The number of ether oxygens (including phenoxy) is 1. The first-order valence-corrected chi connectivity index (χ1v) is 10.7. The van der Waals surface area contributed by atoms with E-state index in [0.29, 0.717) is 33.5 Å². The molecule has 1 amide bonds. The van der Waals surface area contributed by atoms with Crippen molar-refractivity contribution in [1.82, 2.24) is 0 Å². The van der Waals surface area contributed by atoms with Gasteiger partial charge >= 0.3 is 0 Å². The molecule has 3 rings (SSSR count). The smallest absolute Gasteiger partial charge is 0.266 e. The van der Waals surface area contributed by atoms with Crippen LogP contribution in [0.1, 0.15) is 27.8 Å². The highest BCUT2D eigenvalue weighted by Crippen LogP contribution is 2.32. The predicted molar refractivity (Wildman–Crippen MR) is 130 cm³/mol. The molecule has 0 saturated heterocycles. The molecule has 0 bridgehead atoms. The molecule has 0 atom stereocenters. The largest absolute Gasteiger partial charge is 0.496 e. The summed E-state index contributed by atoms with van der Waals surface area (Å²) in [4.78, 5) is 12.6. The minimum atomic E-state index is -0.538. The van der Waals surface area contributed by atoms with Crippen LogP contribution in [-0.2, 0) is 11.2 Å². The minimum absolute atomic E-state index is 0.0647. The quantitative estimate of drug-likeness (QED) is 0.323. The lowest BCUT2D eigenvalue weighted by atomic mass is 9.98. The molecule has 0 unspecified atom stereocenters. The van der Waals surface area contributed by atoms with Crippen LogP contribution in [0.25, 0.3) is 6.08 Å². The van der Waals surface area contributed by atoms with Crippen LogP contribution in [0, 0.1) is 25.2 Å². The average Bonchev–Trinajstić information content (AvgIpc) is 2.72. The lowest BCUT2D eigenvalue weighted by molar-refractivity contribution is -0.112. The summed E-state index contributed by atoms with van der Waals surface area (Å²) in [6, 6.07) is 18.5. The Bertz CT molecular complexity index is 1220. The molecule has 162 valence electrons. The van der Waals surface area contributed by atoms with Gasteiger partial charge in [-0.3, -0.25) is 4.79 Å². The number of nitriles is 1. The van der Waals surface area contributed by atoms with Crippen molar-refractivity contribution in [1.29, 1.82) is 5.26 Å². The van der Waals surface area contributed by atoms with E-state index in [9.17, 15) is 10.1 Å². The number of carbonyl (C=O) groups is 1. The number of nitrogens with one attached hydrogen (secondary N) is 1. The van der Waals surface area contributed by atoms with Crippen LogP contribution < -0.4 is 10.1 Å². The maximum atomic E-state index is 12.6. The highest BCUT2D eigenvalue weighted by molar-refractivity contribution is 6.32. The van der Waals surface area contributed by atoms with Crippen LogP contribution in [0.3, 0.4) is 0 Å². The Morgan fingerprint density at radius 3 is 2.44 bits per heavy atom. The number of rotatable bonds is 6. The topological polar surface area (TPSA) is 62.1 Å². The molecule has 0 aliphatic rings. The van der Waals surface area contributed by atoms with Crippen LogP contribution in [0.5, 0.6) is 5.75 Å². The summed E-state index contributed by atoms with van der Waals surface area (Å²) in [7, 11) is 1.57. The van der Waals surface area contributed by atoms with Gasteiger partial charge in [0.1, 0.15) is 17.4 Å². The molecule has 3 aromatic carbocycles. The van der Waals surface area contributed by atoms with Crippen molar-refractivity contribution < 1.29 is 9.53 Å². The van der Waals surface area contributed by atoms with E-state index in [1.165, 1.54) is 17.2 Å². The van der Waals surface area contributed by atoms with E-state index in [-0.39, 0.29) is 5.57 Å². The first-order chi connectivity index (χ1) is 15.3. The first-order valence-electron chi connectivity index (χ1n) is 9.91. The third-order valence-electron chi connectivity index (χ3n) is 4.82. The van der Waals surface area contributed by atoms with E-state index in [2.05, 4.69) is 37.4 Å². The summed E-state index contributed by atoms with van der Waals surface area (Å²) in [6.07, 6.45) is 2.09.